The topological polar surface area (TPSA) is 55.6 Å². The van der Waals surface area contributed by atoms with Gasteiger partial charge in [0.05, 0.1) is 17.3 Å². The van der Waals surface area contributed by atoms with Crippen LogP contribution >= 0.6 is 0 Å². The smallest absolute Gasteiger partial charge is 0.150 e. The molecule has 0 aliphatic carbocycles. The third kappa shape index (κ3) is 2.61. The van der Waals surface area contributed by atoms with Gasteiger partial charge in [0.2, 0.25) is 0 Å². The van der Waals surface area contributed by atoms with Crippen molar-refractivity contribution in [3.8, 4) is 5.69 Å². The predicted octanol–water partition coefficient (Wildman–Crippen LogP) is 4.32. The van der Waals surface area contributed by atoms with E-state index < -0.39 is 0 Å². The first-order valence-electron chi connectivity index (χ1n) is 7.91. The van der Waals surface area contributed by atoms with E-state index in [2.05, 4.69) is 24.8 Å². The molecule has 0 radical (unpaired) electrons. The number of aryl methyl sites for hydroxylation is 1. The van der Waals surface area contributed by atoms with Crippen LogP contribution in [0.3, 0.4) is 0 Å². The first-order valence-corrected chi connectivity index (χ1v) is 7.91. The number of aromatic nitrogens is 4. The van der Waals surface area contributed by atoms with Crippen LogP contribution in [0.25, 0.3) is 16.7 Å². The van der Waals surface area contributed by atoms with Gasteiger partial charge in [-0.1, -0.05) is 0 Å². The molecule has 4 aromatic rings. The Labute approximate surface area is 144 Å². The van der Waals surface area contributed by atoms with Crippen LogP contribution in [0.15, 0.2) is 55.1 Å². The van der Waals surface area contributed by atoms with Crippen LogP contribution < -0.4 is 5.32 Å². The molecule has 3 aromatic heterocycles. The van der Waals surface area contributed by atoms with Gasteiger partial charge in [0, 0.05) is 17.6 Å². The minimum Gasteiger partial charge on any atom is -0.340 e. The maximum atomic E-state index is 13.1. The highest BCUT2D eigenvalue weighted by Crippen LogP contribution is 2.32. The monoisotopic (exact) mass is 333 g/mol. The maximum Gasteiger partial charge on any atom is 0.150 e. The third-order valence-corrected chi connectivity index (χ3v) is 4.30. The van der Waals surface area contributed by atoms with Crippen LogP contribution in [0, 0.1) is 19.7 Å². The number of hydrogen-bond acceptors (Lipinski definition) is 4. The van der Waals surface area contributed by atoms with Gasteiger partial charge in [-0.2, -0.15) is 0 Å². The third-order valence-electron chi connectivity index (χ3n) is 4.30. The molecule has 1 N–H and O–H groups in total. The van der Waals surface area contributed by atoms with Crippen molar-refractivity contribution >= 4 is 22.5 Å². The number of hydrogen-bond donors (Lipinski definition) is 1. The van der Waals surface area contributed by atoms with E-state index in [0.29, 0.717) is 5.82 Å². The summed E-state index contributed by atoms with van der Waals surface area (Å²) < 4.78 is 15.2. The largest absolute Gasteiger partial charge is 0.340 e. The van der Waals surface area contributed by atoms with Crippen molar-refractivity contribution in [2.75, 3.05) is 5.32 Å². The lowest BCUT2D eigenvalue weighted by Crippen LogP contribution is -2.00. The molecule has 0 bridgehead atoms. The summed E-state index contributed by atoms with van der Waals surface area (Å²) in [7, 11) is 0. The minimum absolute atomic E-state index is 0.270. The Kier molecular flexibility index (Phi) is 3.65. The molecule has 0 saturated carbocycles. The Bertz CT molecular complexity index is 1040. The highest BCUT2D eigenvalue weighted by molar-refractivity contribution is 5.94. The molecule has 0 atom stereocenters. The molecule has 0 amide bonds. The number of benzene rings is 1. The van der Waals surface area contributed by atoms with E-state index in [9.17, 15) is 4.39 Å². The molecule has 0 fully saturated rings. The van der Waals surface area contributed by atoms with E-state index in [1.165, 1.54) is 18.5 Å². The van der Waals surface area contributed by atoms with Crippen molar-refractivity contribution in [3.05, 3.63) is 72.2 Å². The Hall–Kier alpha value is -3.28. The van der Waals surface area contributed by atoms with Gasteiger partial charge >= 0.3 is 0 Å². The summed E-state index contributed by atoms with van der Waals surface area (Å²) in [6, 6.07) is 10.1. The number of nitrogens with zero attached hydrogens (tertiary/aromatic N) is 4. The van der Waals surface area contributed by atoms with Gasteiger partial charge in [-0.05, 0) is 55.8 Å². The van der Waals surface area contributed by atoms with Crippen LogP contribution in [-0.4, -0.2) is 19.5 Å². The number of rotatable bonds is 3. The van der Waals surface area contributed by atoms with Gasteiger partial charge in [-0.15, -0.1) is 0 Å². The fourth-order valence-corrected chi connectivity index (χ4v) is 2.97. The first-order chi connectivity index (χ1) is 12.1. The van der Waals surface area contributed by atoms with Gasteiger partial charge in [0.25, 0.3) is 0 Å². The molecule has 0 aliphatic heterocycles. The molecular formula is C19H16FN5. The summed E-state index contributed by atoms with van der Waals surface area (Å²) in [5, 5.41) is 4.20. The number of halogens is 1. The fraction of sp³-hybridized carbons (Fsp3) is 0.105. The zero-order valence-corrected chi connectivity index (χ0v) is 13.9. The zero-order chi connectivity index (χ0) is 17.4. The average Bonchev–Trinajstić information content (AvgIpc) is 2.89. The lowest BCUT2D eigenvalue weighted by molar-refractivity contribution is 0.628. The molecule has 3 heterocycles. The van der Waals surface area contributed by atoms with Crippen molar-refractivity contribution in [1.29, 1.82) is 0 Å². The number of anilines is 2. The second-order valence-electron chi connectivity index (χ2n) is 5.81. The van der Waals surface area contributed by atoms with E-state index in [-0.39, 0.29) is 5.82 Å². The van der Waals surface area contributed by atoms with Gasteiger partial charge in [-0.25, -0.2) is 14.4 Å². The molecule has 124 valence electrons. The Morgan fingerprint density at radius 2 is 1.84 bits per heavy atom. The van der Waals surface area contributed by atoms with Crippen LogP contribution in [-0.2, 0) is 0 Å². The average molecular weight is 333 g/mol. The van der Waals surface area contributed by atoms with Crippen LogP contribution in [0.1, 0.15) is 11.3 Å². The van der Waals surface area contributed by atoms with E-state index in [1.54, 1.807) is 24.5 Å². The quantitative estimate of drug-likeness (QED) is 0.607. The number of pyridine rings is 1. The maximum absolute atomic E-state index is 13.1. The van der Waals surface area contributed by atoms with Crippen molar-refractivity contribution in [1.82, 2.24) is 19.5 Å². The van der Waals surface area contributed by atoms with Crippen molar-refractivity contribution in [2.24, 2.45) is 0 Å². The molecule has 6 heteroatoms. The molecule has 0 aliphatic rings. The Balaban J connectivity index is 1.89. The second kappa shape index (κ2) is 5.98. The van der Waals surface area contributed by atoms with Crippen molar-refractivity contribution in [2.45, 2.75) is 13.8 Å². The normalized spacial score (nSPS) is 11.0. The lowest BCUT2D eigenvalue weighted by atomic mass is 10.2. The molecule has 0 spiro atoms. The molecule has 0 unspecified atom stereocenters. The summed E-state index contributed by atoms with van der Waals surface area (Å²) in [5.74, 6) is 0.424. The predicted molar refractivity (Wildman–Crippen MR) is 95.8 cm³/mol. The SMILES string of the molecule is Cc1c(C)n(-c2cccnc2)c2ncnc(Nc3ccc(F)cc3)c12. The molecule has 4 rings (SSSR count). The Morgan fingerprint density at radius 1 is 1.04 bits per heavy atom. The summed E-state index contributed by atoms with van der Waals surface area (Å²) in [6.45, 7) is 4.09. The molecular weight excluding hydrogens is 317 g/mol. The van der Waals surface area contributed by atoms with Gasteiger partial charge < -0.3 is 5.32 Å². The molecule has 25 heavy (non-hydrogen) atoms. The van der Waals surface area contributed by atoms with Crippen LogP contribution in [0.2, 0.25) is 0 Å². The number of nitrogens with one attached hydrogen (secondary N) is 1. The summed E-state index contributed by atoms with van der Waals surface area (Å²) >= 11 is 0. The molecule has 0 saturated heterocycles. The van der Waals surface area contributed by atoms with E-state index in [4.69, 9.17) is 0 Å². The first kappa shape index (κ1) is 15.3. The minimum atomic E-state index is -0.270. The summed E-state index contributed by atoms with van der Waals surface area (Å²) in [5.41, 5.74) is 4.69. The van der Waals surface area contributed by atoms with Crippen LogP contribution in [0.5, 0.6) is 0 Å². The Morgan fingerprint density at radius 3 is 2.56 bits per heavy atom. The van der Waals surface area contributed by atoms with Crippen molar-refractivity contribution < 1.29 is 4.39 Å². The van der Waals surface area contributed by atoms with Gasteiger partial charge in [0.15, 0.2) is 5.65 Å². The highest BCUT2D eigenvalue weighted by Gasteiger charge is 2.17. The van der Waals surface area contributed by atoms with E-state index in [0.717, 1.165) is 33.7 Å². The number of fused-ring (bicyclic) bond motifs is 1. The summed E-state index contributed by atoms with van der Waals surface area (Å²) in [6.07, 6.45) is 5.08. The standard InChI is InChI=1S/C19H16FN5/c1-12-13(2)25(16-4-3-9-21-10-16)19-17(12)18(22-11-23-19)24-15-7-5-14(20)6-8-15/h3-11H,1-2H3,(H,22,23,24). The van der Waals surface area contributed by atoms with Gasteiger partial charge in [0.1, 0.15) is 18.0 Å². The van der Waals surface area contributed by atoms with Crippen LogP contribution in [0.4, 0.5) is 15.9 Å². The molecule has 5 nitrogen and oxygen atoms in total. The summed E-state index contributed by atoms with van der Waals surface area (Å²) in [4.78, 5) is 13.1. The van der Waals surface area contributed by atoms with E-state index >= 15 is 0 Å². The lowest BCUT2D eigenvalue weighted by Gasteiger charge is -2.08. The zero-order valence-electron chi connectivity index (χ0n) is 13.9. The molecule has 1 aromatic carbocycles. The van der Waals surface area contributed by atoms with Gasteiger partial charge in [-0.3, -0.25) is 9.55 Å². The second-order valence-corrected chi connectivity index (χ2v) is 5.81. The van der Waals surface area contributed by atoms with E-state index in [1.807, 2.05) is 26.0 Å². The van der Waals surface area contributed by atoms with Crippen molar-refractivity contribution in [3.63, 3.8) is 0 Å². The highest BCUT2D eigenvalue weighted by atomic mass is 19.1. The fourth-order valence-electron chi connectivity index (χ4n) is 2.97.